The summed E-state index contributed by atoms with van der Waals surface area (Å²) in [6.07, 6.45) is 3.10. The molecule has 0 bridgehead atoms. The molecule has 2 unspecified atom stereocenters. The fraction of sp³-hybridized carbons (Fsp3) is 0.391. The van der Waals surface area contributed by atoms with Gasteiger partial charge in [0.2, 0.25) is 5.91 Å². The first-order valence-corrected chi connectivity index (χ1v) is 10.2. The van der Waals surface area contributed by atoms with E-state index in [2.05, 4.69) is 10.6 Å². The van der Waals surface area contributed by atoms with E-state index in [0.29, 0.717) is 31.1 Å². The summed E-state index contributed by atoms with van der Waals surface area (Å²) in [5, 5.41) is 5.79. The van der Waals surface area contributed by atoms with Crippen LogP contribution < -0.4 is 10.6 Å². The van der Waals surface area contributed by atoms with Crippen LogP contribution in [0.4, 0.5) is 14.9 Å². The van der Waals surface area contributed by atoms with Gasteiger partial charge in [-0.15, -0.1) is 0 Å². The second kappa shape index (κ2) is 10.0. The second-order valence-electron chi connectivity index (χ2n) is 7.63. The maximum absolute atomic E-state index is 13.3. The minimum absolute atomic E-state index is 0.0244. The van der Waals surface area contributed by atoms with Crippen LogP contribution >= 0.6 is 0 Å². The smallest absolute Gasteiger partial charge is 0.321 e. The minimum Gasteiger partial charge on any atom is -0.350 e. The van der Waals surface area contributed by atoms with Crippen molar-refractivity contribution in [3.05, 3.63) is 66.0 Å². The molecule has 1 aliphatic heterocycles. The molecule has 154 valence electrons. The van der Waals surface area contributed by atoms with Crippen LogP contribution in [0.5, 0.6) is 0 Å². The number of hydrogen-bond donors (Lipinski definition) is 2. The van der Waals surface area contributed by atoms with Crippen LogP contribution in [-0.2, 0) is 4.79 Å². The Kier molecular flexibility index (Phi) is 7.22. The van der Waals surface area contributed by atoms with E-state index in [1.165, 1.54) is 12.1 Å². The number of nitrogens with zero attached hydrogens (tertiary/aromatic N) is 1. The molecule has 3 rings (SSSR count). The van der Waals surface area contributed by atoms with E-state index in [1.807, 2.05) is 37.3 Å². The van der Waals surface area contributed by atoms with Gasteiger partial charge in [-0.3, -0.25) is 4.79 Å². The topological polar surface area (TPSA) is 61.4 Å². The largest absolute Gasteiger partial charge is 0.350 e. The van der Waals surface area contributed by atoms with Crippen LogP contribution in [0, 0.1) is 11.7 Å². The molecule has 2 aromatic rings. The van der Waals surface area contributed by atoms with Crippen molar-refractivity contribution in [1.29, 1.82) is 0 Å². The number of hydrogen-bond acceptors (Lipinski definition) is 2. The maximum atomic E-state index is 13.3. The van der Waals surface area contributed by atoms with Crippen LogP contribution in [0.2, 0.25) is 0 Å². The number of piperidine rings is 1. The van der Waals surface area contributed by atoms with E-state index in [0.717, 1.165) is 24.8 Å². The zero-order valence-electron chi connectivity index (χ0n) is 16.7. The third-order valence-electron chi connectivity index (χ3n) is 5.34. The van der Waals surface area contributed by atoms with Gasteiger partial charge in [-0.1, -0.05) is 36.4 Å². The van der Waals surface area contributed by atoms with Crippen molar-refractivity contribution in [3.63, 3.8) is 0 Å². The van der Waals surface area contributed by atoms with Crippen LogP contribution in [0.1, 0.15) is 44.2 Å². The molecule has 3 amide bonds. The monoisotopic (exact) mass is 397 g/mol. The van der Waals surface area contributed by atoms with Gasteiger partial charge in [-0.05, 0) is 55.9 Å². The van der Waals surface area contributed by atoms with Gasteiger partial charge in [-0.25, -0.2) is 9.18 Å². The first kappa shape index (κ1) is 20.8. The Morgan fingerprint density at radius 1 is 1.17 bits per heavy atom. The number of carbonyl (C=O) groups is 2. The van der Waals surface area contributed by atoms with Crippen molar-refractivity contribution >= 4 is 17.6 Å². The van der Waals surface area contributed by atoms with Crippen LogP contribution in [0.25, 0.3) is 0 Å². The molecule has 2 N–H and O–H groups in total. The summed E-state index contributed by atoms with van der Waals surface area (Å²) in [5.41, 5.74) is 1.53. The van der Waals surface area contributed by atoms with Crippen LogP contribution in [0.3, 0.4) is 0 Å². The Morgan fingerprint density at radius 3 is 2.72 bits per heavy atom. The van der Waals surface area contributed by atoms with Crippen molar-refractivity contribution < 1.29 is 14.0 Å². The van der Waals surface area contributed by atoms with Crippen molar-refractivity contribution in [1.82, 2.24) is 10.2 Å². The lowest BCUT2D eigenvalue weighted by atomic mass is 9.93. The highest BCUT2D eigenvalue weighted by Gasteiger charge is 2.24. The van der Waals surface area contributed by atoms with Gasteiger partial charge in [0, 0.05) is 25.2 Å². The SMILES string of the molecule is CC(NC(=O)CCC1CCCN(C(=O)Nc2cccc(F)c2)C1)c1ccccc1. The Labute approximate surface area is 171 Å². The second-order valence-corrected chi connectivity index (χ2v) is 7.63. The number of anilines is 1. The van der Waals surface area contributed by atoms with Gasteiger partial charge in [0.05, 0.1) is 6.04 Å². The first-order chi connectivity index (χ1) is 14.0. The summed E-state index contributed by atoms with van der Waals surface area (Å²) < 4.78 is 13.3. The lowest BCUT2D eigenvalue weighted by Gasteiger charge is -2.32. The summed E-state index contributed by atoms with van der Waals surface area (Å²) in [7, 11) is 0. The lowest BCUT2D eigenvalue weighted by Crippen LogP contribution is -2.42. The summed E-state index contributed by atoms with van der Waals surface area (Å²) in [6, 6.07) is 15.5. The van der Waals surface area contributed by atoms with Crippen molar-refractivity contribution in [2.75, 3.05) is 18.4 Å². The molecular weight excluding hydrogens is 369 g/mol. The molecule has 0 radical (unpaired) electrons. The Morgan fingerprint density at radius 2 is 1.97 bits per heavy atom. The van der Waals surface area contributed by atoms with E-state index in [9.17, 15) is 14.0 Å². The molecule has 0 aliphatic carbocycles. The summed E-state index contributed by atoms with van der Waals surface area (Å²) >= 11 is 0. The molecule has 1 fully saturated rings. The highest BCUT2D eigenvalue weighted by Crippen LogP contribution is 2.22. The predicted molar refractivity (Wildman–Crippen MR) is 112 cm³/mol. The highest BCUT2D eigenvalue weighted by molar-refractivity contribution is 5.89. The fourth-order valence-corrected chi connectivity index (χ4v) is 3.73. The van der Waals surface area contributed by atoms with Crippen LogP contribution in [-0.4, -0.2) is 29.9 Å². The van der Waals surface area contributed by atoms with Gasteiger partial charge in [-0.2, -0.15) is 0 Å². The molecule has 1 saturated heterocycles. The van der Waals surface area contributed by atoms with Gasteiger partial charge < -0.3 is 15.5 Å². The van der Waals surface area contributed by atoms with Crippen molar-refractivity contribution in [3.8, 4) is 0 Å². The molecular formula is C23H28FN3O2. The normalized spacial score (nSPS) is 17.4. The molecule has 0 spiro atoms. The molecule has 2 aromatic carbocycles. The molecule has 29 heavy (non-hydrogen) atoms. The molecule has 2 atom stereocenters. The quantitative estimate of drug-likeness (QED) is 0.740. The Bertz CT molecular complexity index is 828. The summed E-state index contributed by atoms with van der Waals surface area (Å²) in [6.45, 7) is 3.27. The molecule has 1 heterocycles. The number of benzene rings is 2. The van der Waals surface area contributed by atoms with E-state index in [1.54, 1.807) is 17.0 Å². The maximum Gasteiger partial charge on any atom is 0.321 e. The van der Waals surface area contributed by atoms with Gasteiger partial charge in [0.25, 0.3) is 0 Å². The number of carbonyl (C=O) groups excluding carboxylic acids is 2. The zero-order valence-corrected chi connectivity index (χ0v) is 16.7. The van der Waals surface area contributed by atoms with Crippen molar-refractivity contribution in [2.45, 2.75) is 38.6 Å². The van der Waals surface area contributed by atoms with E-state index >= 15 is 0 Å². The first-order valence-electron chi connectivity index (χ1n) is 10.2. The molecule has 0 aromatic heterocycles. The lowest BCUT2D eigenvalue weighted by molar-refractivity contribution is -0.122. The number of halogens is 1. The van der Waals surface area contributed by atoms with E-state index in [4.69, 9.17) is 0 Å². The molecule has 0 saturated carbocycles. The van der Waals surface area contributed by atoms with E-state index < -0.39 is 0 Å². The van der Waals surface area contributed by atoms with Crippen LogP contribution in [0.15, 0.2) is 54.6 Å². The third-order valence-corrected chi connectivity index (χ3v) is 5.34. The number of amides is 3. The minimum atomic E-state index is -0.380. The van der Waals surface area contributed by atoms with Gasteiger partial charge >= 0.3 is 6.03 Å². The molecule has 1 aliphatic rings. The molecule has 5 nitrogen and oxygen atoms in total. The summed E-state index contributed by atoms with van der Waals surface area (Å²) in [4.78, 5) is 26.5. The third kappa shape index (κ3) is 6.31. The van der Waals surface area contributed by atoms with Gasteiger partial charge in [0.1, 0.15) is 5.82 Å². The predicted octanol–water partition coefficient (Wildman–Crippen LogP) is 4.73. The van der Waals surface area contributed by atoms with Gasteiger partial charge in [0.15, 0.2) is 0 Å². The number of likely N-dealkylation sites (tertiary alicyclic amines) is 1. The number of urea groups is 1. The average molecular weight is 397 g/mol. The molecule has 6 heteroatoms. The van der Waals surface area contributed by atoms with Crippen molar-refractivity contribution in [2.24, 2.45) is 5.92 Å². The number of nitrogens with one attached hydrogen (secondary N) is 2. The summed E-state index contributed by atoms with van der Waals surface area (Å²) in [5.74, 6) is -0.0578. The zero-order chi connectivity index (χ0) is 20.6. The van der Waals surface area contributed by atoms with E-state index in [-0.39, 0.29) is 23.8 Å². The Balaban J connectivity index is 1.44. The number of rotatable bonds is 6. The standard InChI is InChI=1S/C23H28FN3O2/c1-17(19-8-3-2-4-9-19)25-22(28)13-12-18-7-6-14-27(16-18)23(29)26-21-11-5-10-20(24)15-21/h2-5,8-11,15,17-18H,6-7,12-14,16H2,1H3,(H,25,28)(H,26,29). The highest BCUT2D eigenvalue weighted by atomic mass is 19.1. The fourth-order valence-electron chi connectivity index (χ4n) is 3.73. The average Bonchev–Trinajstić information content (AvgIpc) is 2.73. The Hall–Kier alpha value is -2.89.